The van der Waals surface area contributed by atoms with Gasteiger partial charge in [-0.1, -0.05) is 47.6 Å². The first kappa shape index (κ1) is 15.4. The fraction of sp³-hybridized carbons (Fsp3) is 0.188. The fourth-order valence-corrected chi connectivity index (χ4v) is 2.51. The number of benzene rings is 2. The molecule has 0 aliphatic carbocycles. The van der Waals surface area contributed by atoms with E-state index in [0.717, 1.165) is 21.3 Å². The summed E-state index contributed by atoms with van der Waals surface area (Å²) in [5.74, 6) is 0.195. The van der Waals surface area contributed by atoms with E-state index >= 15 is 0 Å². The van der Waals surface area contributed by atoms with Gasteiger partial charge in [0.25, 0.3) is 0 Å². The molecule has 5 heteroatoms. The van der Waals surface area contributed by atoms with Gasteiger partial charge in [-0.15, -0.1) is 0 Å². The third-order valence-corrected chi connectivity index (χ3v) is 4.32. The predicted molar refractivity (Wildman–Crippen MR) is 89.7 cm³/mol. The summed E-state index contributed by atoms with van der Waals surface area (Å²) in [6.45, 7) is 2.04. The van der Waals surface area contributed by atoms with Crippen molar-refractivity contribution in [1.82, 2.24) is 0 Å². The number of hydrogen-bond acceptors (Lipinski definition) is 3. The van der Waals surface area contributed by atoms with Crippen LogP contribution in [0.25, 0.3) is 0 Å². The minimum atomic E-state index is -0.0693. The van der Waals surface area contributed by atoms with E-state index in [-0.39, 0.29) is 11.9 Å². The molecule has 4 nitrogen and oxygen atoms in total. The summed E-state index contributed by atoms with van der Waals surface area (Å²) in [6, 6.07) is 15.9. The zero-order valence-electron chi connectivity index (χ0n) is 11.8. The quantitative estimate of drug-likeness (QED) is 0.330. The van der Waals surface area contributed by atoms with E-state index in [4.69, 9.17) is 10.9 Å². The zero-order valence-corrected chi connectivity index (χ0v) is 13.3. The van der Waals surface area contributed by atoms with Crippen molar-refractivity contribution in [3.63, 3.8) is 0 Å². The molecule has 0 radical (unpaired) electrons. The summed E-state index contributed by atoms with van der Waals surface area (Å²) in [7, 11) is 0. The van der Waals surface area contributed by atoms with Crippen LogP contribution in [-0.2, 0) is 0 Å². The van der Waals surface area contributed by atoms with E-state index < -0.39 is 0 Å². The lowest BCUT2D eigenvalue weighted by Crippen LogP contribution is -2.21. The molecule has 21 heavy (non-hydrogen) atoms. The van der Waals surface area contributed by atoms with Crippen molar-refractivity contribution >= 4 is 27.5 Å². The van der Waals surface area contributed by atoms with Gasteiger partial charge in [0.1, 0.15) is 5.84 Å². The molecule has 0 spiro atoms. The summed E-state index contributed by atoms with van der Waals surface area (Å²) < 4.78 is 1.02. The highest BCUT2D eigenvalue weighted by Gasteiger charge is 2.15. The number of rotatable bonds is 5. The number of aryl methyl sites for hydroxylation is 1. The standard InChI is InChI=1S/C16H18BrN3O/c1-11-6-5-9-13(16(11)17)19-14(10-15(18)20-21)12-7-3-2-4-8-12/h2-9,14,19,21H,10H2,1H3,(H2,18,20). The molecule has 0 fully saturated rings. The van der Waals surface area contributed by atoms with Gasteiger partial charge in [0.2, 0.25) is 0 Å². The number of nitrogens with zero attached hydrogens (tertiary/aromatic N) is 1. The summed E-state index contributed by atoms with van der Waals surface area (Å²) >= 11 is 3.59. The molecule has 0 aromatic heterocycles. The van der Waals surface area contributed by atoms with E-state index in [1.54, 1.807) is 0 Å². The molecule has 0 heterocycles. The van der Waals surface area contributed by atoms with Gasteiger partial charge in [0, 0.05) is 16.6 Å². The Morgan fingerprint density at radius 2 is 1.95 bits per heavy atom. The number of amidine groups is 1. The number of nitrogens with two attached hydrogens (primary N) is 1. The molecule has 110 valence electrons. The maximum Gasteiger partial charge on any atom is 0.141 e. The van der Waals surface area contributed by atoms with Crippen molar-refractivity contribution in [3.8, 4) is 0 Å². The smallest absolute Gasteiger partial charge is 0.141 e. The van der Waals surface area contributed by atoms with Crippen molar-refractivity contribution in [1.29, 1.82) is 0 Å². The first-order valence-electron chi connectivity index (χ1n) is 6.65. The van der Waals surface area contributed by atoms with Crippen LogP contribution >= 0.6 is 15.9 Å². The van der Waals surface area contributed by atoms with Gasteiger partial charge in [0.05, 0.1) is 6.04 Å². The topological polar surface area (TPSA) is 70.6 Å². The molecule has 0 aliphatic heterocycles. The van der Waals surface area contributed by atoms with Gasteiger partial charge in [-0.05, 0) is 40.0 Å². The van der Waals surface area contributed by atoms with Crippen LogP contribution < -0.4 is 11.1 Å². The van der Waals surface area contributed by atoms with Crippen LogP contribution in [0.15, 0.2) is 58.2 Å². The molecular formula is C16H18BrN3O. The van der Waals surface area contributed by atoms with Crippen LogP contribution in [0.1, 0.15) is 23.6 Å². The van der Waals surface area contributed by atoms with Gasteiger partial charge in [-0.25, -0.2) is 0 Å². The number of oxime groups is 1. The van der Waals surface area contributed by atoms with E-state index in [2.05, 4.69) is 26.4 Å². The molecule has 2 aromatic rings. The number of anilines is 1. The minimum Gasteiger partial charge on any atom is -0.409 e. The second-order valence-electron chi connectivity index (χ2n) is 4.84. The third-order valence-electron chi connectivity index (χ3n) is 3.27. The van der Waals surface area contributed by atoms with Crippen molar-refractivity contribution in [2.24, 2.45) is 10.9 Å². The van der Waals surface area contributed by atoms with E-state index in [9.17, 15) is 0 Å². The van der Waals surface area contributed by atoms with E-state index in [1.165, 1.54) is 0 Å². The molecule has 2 aromatic carbocycles. The normalized spacial score (nSPS) is 13.0. The lowest BCUT2D eigenvalue weighted by molar-refractivity contribution is 0.316. The zero-order chi connectivity index (χ0) is 15.2. The van der Waals surface area contributed by atoms with Crippen molar-refractivity contribution in [2.45, 2.75) is 19.4 Å². The Kier molecular flexibility index (Phi) is 5.22. The van der Waals surface area contributed by atoms with Crippen LogP contribution in [0, 0.1) is 6.92 Å². The molecule has 2 rings (SSSR count). The van der Waals surface area contributed by atoms with Gasteiger partial charge in [0.15, 0.2) is 0 Å². The summed E-state index contributed by atoms with van der Waals surface area (Å²) in [5, 5.41) is 15.4. The van der Waals surface area contributed by atoms with Crippen LogP contribution in [0.2, 0.25) is 0 Å². The Morgan fingerprint density at radius 1 is 1.24 bits per heavy atom. The lowest BCUT2D eigenvalue weighted by atomic mass is 10.0. The van der Waals surface area contributed by atoms with Gasteiger partial charge in [-0.3, -0.25) is 0 Å². The first-order chi connectivity index (χ1) is 10.1. The lowest BCUT2D eigenvalue weighted by Gasteiger charge is -2.21. The fourth-order valence-electron chi connectivity index (χ4n) is 2.13. The maximum absolute atomic E-state index is 8.82. The Morgan fingerprint density at radius 3 is 2.62 bits per heavy atom. The first-order valence-corrected chi connectivity index (χ1v) is 7.44. The highest BCUT2D eigenvalue weighted by atomic mass is 79.9. The predicted octanol–water partition coefficient (Wildman–Crippen LogP) is 4.05. The average Bonchev–Trinajstić information content (AvgIpc) is 2.51. The second kappa shape index (κ2) is 7.13. The van der Waals surface area contributed by atoms with Crippen LogP contribution in [0.3, 0.4) is 0 Å². The summed E-state index contributed by atoms with van der Waals surface area (Å²) in [6.07, 6.45) is 0.418. The highest BCUT2D eigenvalue weighted by molar-refractivity contribution is 9.10. The largest absolute Gasteiger partial charge is 0.409 e. The molecule has 0 saturated heterocycles. The van der Waals surface area contributed by atoms with Crippen LogP contribution in [0.4, 0.5) is 5.69 Å². The molecule has 4 N–H and O–H groups in total. The Hall–Kier alpha value is -2.01. The van der Waals surface area contributed by atoms with Crippen molar-refractivity contribution in [3.05, 3.63) is 64.1 Å². The molecular weight excluding hydrogens is 330 g/mol. The number of nitrogens with one attached hydrogen (secondary N) is 1. The Bertz CT molecular complexity index is 629. The molecule has 1 unspecified atom stereocenters. The monoisotopic (exact) mass is 347 g/mol. The van der Waals surface area contributed by atoms with Crippen LogP contribution in [-0.4, -0.2) is 11.0 Å². The van der Waals surface area contributed by atoms with Crippen LogP contribution in [0.5, 0.6) is 0 Å². The van der Waals surface area contributed by atoms with Crippen molar-refractivity contribution < 1.29 is 5.21 Å². The van der Waals surface area contributed by atoms with Crippen molar-refractivity contribution in [2.75, 3.05) is 5.32 Å². The molecule has 1 atom stereocenters. The molecule has 0 aliphatic rings. The molecule has 0 bridgehead atoms. The Labute approximate surface area is 132 Å². The number of halogens is 1. The minimum absolute atomic E-state index is 0.0693. The molecule has 0 amide bonds. The van der Waals surface area contributed by atoms with E-state index in [0.29, 0.717) is 6.42 Å². The number of hydrogen-bond donors (Lipinski definition) is 3. The third kappa shape index (κ3) is 3.98. The van der Waals surface area contributed by atoms with Gasteiger partial charge >= 0.3 is 0 Å². The van der Waals surface area contributed by atoms with E-state index in [1.807, 2.05) is 55.5 Å². The molecule has 0 saturated carbocycles. The van der Waals surface area contributed by atoms with Gasteiger partial charge in [-0.2, -0.15) is 0 Å². The Balaban J connectivity index is 2.30. The highest BCUT2D eigenvalue weighted by Crippen LogP contribution is 2.30. The second-order valence-corrected chi connectivity index (χ2v) is 5.63. The average molecular weight is 348 g/mol. The SMILES string of the molecule is Cc1cccc(NC(C/C(N)=N/O)c2ccccc2)c1Br. The van der Waals surface area contributed by atoms with Gasteiger partial charge < -0.3 is 16.3 Å². The summed E-state index contributed by atoms with van der Waals surface area (Å²) in [4.78, 5) is 0. The summed E-state index contributed by atoms with van der Waals surface area (Å²) in [5.41, 5.74) is 8.89. The maximum atomic E-state index is 8.82.